The third-order valence-corrected chi connectivity index (χ3v) is 3.98. The van der Waals surface area contributed by atoms with Gasteiger partial charge in [0, 0.05) is 31.0 Å². The van der Waals surface area contributed by atoms with E-state index in [0.29, 0.717) is 12.1 Å². The van der Waals surface area contributed by atoms with Crippen molar-refractivity contribution in [2.45, 2.75) is 38.8 Å². The van der Waals surface area contributed by atoms with Crippen molar-refractivity contribution in [2.75, 3.05) is 13.1 Å². The topological polar surface area (TPSA) is 42.2 Å². The molecule has 3 atom stereocenters. The second kappa shape index (κ2) is 5.61. The first-order valence-electron chi connectivity index (χ1n) is 6.58. The van der Waals surface area contributed by atoms with Crippen molar-refractivity contribution < 1.29 is 0 Å². The van der Waals surface area contributed by atoms with Gasteiger partial charge in [0.2, 0.25) is 0 Å². The van der Waals surface area contributed by atoms with Crippen molar-refractivity contribution in [2.24, 2.45) is 11.7 Å². The number of likely N-dealkylation sites (tertiary alicyclic amines) is 1. The van der Waals surface area contributed by atoms with Crippen LogP contribution in [0, 0.1) is 5.92 Å². The number of hydrogen-bond acceptors (Lipinski definition) is 3. The third-order valence-electron chi connectivity index (χ3n) is 3.98. The van der Waals surface area contributed by atoms with Crippen molar-refractivity contribution in [1.29, 1.82) is 0 Å². The molecular weight excluding hydrogens is 210 g/mol. The zero-order valence-electron chi connectivity index (χ0n) is 10.8. The summed E-state index contributed by atoms with van der Waals surface area (Å²) in [5.41, 5.74) is 7.26. The van der Waals surface area contributed by atoms with Crippen LogP contribution in [0.4, 0.5) is 0 Å². The standard InChI is InChI=1S/C14H23N3/c1-11-5-8-17(14(9-11)10-15)12(2)13-3-6-16-7-4-13/h3-4,6-7,11-12,14H,5,8-10,15H2,1-2H3. The predicted octanol–water partition coefficient (Wildman–Crippen LogP) is 2.20. The van der Waals surface area contributed by atoms with Crippen LogP contribution >= 0.6 is 0 Å². The highest BCUT2D eigenvalue weighted by atomic mass is 15.2. The van der Waals surface area contributed by atoms with Crippen molar-refractivity contribution in [1.82, 2.24) is 9.88 Å². The molecule has 2 N–H and O–H groups in total. The molecule has 94 valence electrons. The SMILES string of the molecule is CC1CCN(C(C)c2ccncc2)C(CN)C1. The molecule has 3 heteroatoms. The average Bonchev–Trinajstić information content (AvgIpc) is 2.39. The predicted molar refractivity (Wildman–Crippen MR) is 70.6 cm³/mol. The number of piperidine rings is 1. The number of nitrogens with two attached hydrogens (primary N) is 1. The van der Waals surface area contributed by atoms with Crippen molar-refractivity contribution >= 4 is 0 Å². The van der Waals surface area contributed by atoms with E-state index < -0.39 is 0 Å². The van der Waals surface area contributed by atoms with Crippen LogP contribution in [0.1, 0.15) is 38.3 Å². The first-order chi connectivity index (χ1) is 8.22. The van der Waals surface area contributed by atoms with Gasteiger partial charge in [-0.1, -0.05) is 6.92 Å². The summed E-state index contributed by atoms with van der Waals surface area (Å²) in [6, 6.07) is 5.19. The molecule has 3 unspecified atom stereocenters. The molecule has 2 heterocycles. The van der Waals surface area contributed by atoms with Crippen LogP contribution in [0.25, 0.3) is 0 Å². The van der Waals surface area contributed by atoms with Crippen molar-refractivity contribution in [3.8, 4) is 0 Å². The van der Waals surface area contributed by atoms with Gasteiger partial charge in [0.1, 0.15) is 0 Å². The maximum atomic E-state index is 5.92. The van der Waals surface area contributed by atoms with Gasteiger partial charge in [-0.15, -0.1) is 0 Å². The Balaban J connectivity index is 2.10. The summed E-state index contributed by atoms with van der Waals surface area (Å²) in [5, 5.41) is 0. The van der Waals surface area contributed by atoms with Crippen LogP contribution in [-0.4, -0.2) is 29.0 Å². The zero-order chi connectivity index (χ0) is 12.3. The molecule has 1 saturated heterocycles. The number of hydrogen-bond donors (Lipinski definition) is 1. The van der Waals surface area contributed by atoms with E-state index in [-0.39, 0.29) is 0 Å². The largest absolute Gasteiger partial charge is 0.329 e. The molecule has 1 aromatic heterocycles. The van der Waals surface area contributed by atoms with E-state index in [1.165, 1.54) is 18.4 Å². The maximum absolute atomic E-state index is 5.92. The monoisotopic (exact) mass is 233 g/mol. The van der Waals surface area contributed by atoms with Gasteiger partial charge in [0.15, 0.2) is 0 Å². The van der Waals surface area contributed by atoms with E-state index in [1.807, 2.05) is 12.4 Å². The van der Waals surface area contributed by atoms with Gasteiger partial charge in [-0.3, -0.25) is 9.88 Å². The lowest BCUT2D eigenvalue weighted by Crippen LogP contribution is -2.47. The normalized spacial score (nSPS) is 27.9. The van der Waals surface area contributed by atoms with Crippen LogP contribution in [-0.2, 0) is 0 Å². The quantitative estimate of drug-likeness (QED) is 0.870. The van der Waals surface area contributed by atoms with Crippen molar-refractivity contribution in [3.05, 3.63) is 30.1 Å². The molecule has 3 nitrogen and oxygen atoms in total. The second-order valence-corrected chi connectivity index (χ2v) is 5.21. The van der Waals surface area contributed by atoms with Gasteiger partial charge < -0.3 is 5.73 Å². The molecule has 17 heavy (non-hydrogen) atoms. The molecule has 1 fully saturated rings. The maximum Gasteiger partial charge on any atom is 0.0324 e. The highest BCUT2D eigenvalue weighted by molar-refractivity contribution is 5.15. The minimum absolute atomic E-state index is 0.444. The fraction of sp³-hybridized carbons (Fsp3) is 0.643. The minimum Gasteiger partial charge on any atom is -0.329 e. The Morgan fingerprint density at radius 2 is 2.18 bits per heavy atom. The Labute approximate surface area is 104 Å². The number of rotatable bonds is 3. The van der Waals surface area contributed by atoms with E-state index in [0.717, 1.165) is 19.0 Å². The lowest BCUT2D eigenvalue weighted by Gasteiger charge is -2.41. The average molecular weight is 233 g/mol. The molecule has 0 bridgehead atoms. The molecule has 0 amide bonds. The molecule has 0 radical (unpaired) electrons. The minimum atomic E-state index is 0.444. The van der Waals surface area contributed by atoms with Crippen LogP contribution in [0.5, 0.6) is 0 Å². The molecule has 2 rings (SSSR count). The fourth-order valence-electron chi connectivity index (χ4n) is 2.84. The van der Waals surface area contributed by atoms with Crippen LogP contribution in [0.15, 0.2) is 24.5 Å². The number of nitrogens with zero attached hydrogens (tertiary/aromatic N) is 2. The Kier molecular flexibility index (Phi) is 4.13. The van der Waals surface area contributed by atoms with Crippen LogP contribution < -0.4 is 5.73 Å². The van der Waals surface area contributed by atoms with Gasteiger partial charge in [0.05, 0.1) is 0 Å². The summed E-state index contributed by atoms with van der Waals surface area (Å²) < 4.78 is 0. The highest BCUT2D eigenvalue weighted by Gasteiger charge is 2.29. The Morgan fingerprint density at radius 3 is 2.82 bits per heavy atom. The first kappa shape index (κ1) is 12.5. The smallest absolute Gasteiger partial charge is 0.0324 e. The van der Waals surface area contributed by atoms with Crippen molar-refractivity contribution in [3.63, 3.8) is 0 Å². The van der Waals surface area contributed by atoms with Gasteiger partial charge in [-0.05, 0) is 49.9 Å². The molecule has 0 spiro atoms. The van der Waals surface area contributed by atoms with E-state index in [9.17, 15) is 0 Å². The molecule has 0 aliphatic carbocycles. The Bertz CT molecular complexity index is 339. The lowest BCUT2D eigenvalue weighted by molar-refractivity contribution is 0.0834. The number of aromatic nitrogens is 1. The molecule has 1 aromatic rings. The Hall–Kier alpha value is -0.930. The van der Waals surface area contributed by atoms with Gasteiger partial charge in [-0.25, -0.2) is 0 Å². The first-order valence-corrected chi connectivity index (χ1v) is 6.58. The summed E-state index contributed by atoms with van der Waals surface area (Å²) in [7, 11) is 0. The fourth-order valence-corrected chi connectivity index (χ4v) is 2.84. The molecule has 0 saturated carbocycles. The second-order valence-electron chi connectivity index (χ2n) is 5.21. The molecule has 1 aliphatic heterocycles. The van der Waals surface area contributed by atoms with Gasteiger partial charge in [0.25, 0.3) is 0 Å². The summed E-state index contributed by atoms with van der Waals surface area (Å²) in [6.07, 6.45) is 6.25. The van der Waals surface area contributed by atoms with E-state index >= 15 is 0 Å². The van der Waals surface area contributed by atoms with Gasteiger partial charge in [-0.2, -0.15) is 0 Å². The summed E-state index contributed by atoms with van der Waals surface area (Å²) >= 11 is 0. The molecule has 0 aromatic carbocycles. The van der Waals surface area contributed by atoms with E-state index in [1.54, 1.807) is 0 Å². The molecular formula is C14H23N3. The third kappa shape index (κ3) is 2.85. The lowest BCUT2D eigenvalue weighted by atomic mass is 9.90. The highest BCUT2D eigenvalue weighted by Crippen LogP contribution is 2.30. The summed E-state index contributed by atoms with van der Waals surface area (Å²) in [5.74, 6) is 0.810. The summed E-state index contributed by atoms with van der Waals surface area (Å²) in [6.45, 7) is 6.53. The van der Waals surface area contributed by atoms with E-state index in [2.05, 4.69) is 35.9 Å². The van der Waals surface area contributed by atoms with Crippen LogP contribution in [0.2, 0.25) is 0 Å². The summed E-state index contributed by atoms with van der Waals surface area (Å²) in [4.78, 5) is 6.63. The molecule has 1 aliphatic rings. The zero-order valence-corrected chi connectivity index (χ0v) is 10.8. The van der Waals surface area contributed by atoms with E-state index in [4.69, 9.17) is 5.73 Å². The number of pyridine rings is 1. The van der Waals surface area contributed by atoms with Gasteiger partial charge >= 0.3 is 0 Å². The van der Waals surface area contributed by atoms with Crippen LogP contribution in [0.3, 0.4) is 0 Å². The Morgan fingerprint density at radius 1 is 1.47 bits per heavy atom.